The largest absolute Gasteiger partial charge is 0.489 e. The number of amides is 2. The standard InChI is InChI=1S/C20H20FN5O3/c1-3-5-12-6-4-7-16-23-18(25-26(12)16)20(28)22-14-10-29-15-9-11(2)8-13(21)17(15)24-19(14)27/h4,6-9,14H,3,5,10H2,1-2H3,(H,22,28)(H,24,27). The van der Waals surface area contributed by atoms with Gasteiger partial charge >= 0.3 is 0 Å². The molecular formula is C20H20FN5O3. The first-order chi connectivity index (χ1) is 14.0. The number of carbonyl (C=O) groups excluding carboxylic acids is 2. The summed E-state index contributed by atoms with van der Waals surface area (Å²) in [5.74, 6) is -1.60. The third-order valence-corrected chi connectivity index (χ3v) is 4.62. The molecule has 1 unspecified atom stereocenters. The average Bonchev–Trinajstić information content (AvgIpc) is 3.06. The van der Waals surface area contributed by atoms with Crippen LogP contribution in [0.25, 0.3) is 5.65 Å². The molecule has 2 N–H and O–H groups in total. The first-order valence-corrected chi connectivity index (χ1v) is 9.35. The lowest BCUT2D eigenvalue weighted by molar-refractivity contribution is -0.118. The van der Waals surface area contributed by atoms with E-state index in [9.17, 15) is 14.0 Å². The maximum atomic E-state index is 14.2. The number of anilines is 1. The molecule has 150 valence electrons. The molecule has 0 aliphatic carbocycles. The smallest absolute Gasteiger partial charge is 0.291 e. The van der Waals surface area contributed by atoms with Crippen LogP contribution in [0.2, 0.25) is 0 Å². The van der Waals surface area contributed by atoms with E-state index in [2.05, 4.69) is 27.6 Å². The maximum Gasteiger partial charge on any atom is 0.291 e. The third-order valence-electron chi connectivity index (χ3n) is 4.62. The number of pyridine rings is 1. The highest BCUT2D eigenvalue weighted by molar-refractivity contribution is 6.01. The number of aromatic nitrogens is 3. The number of hydrogen-bond donors (Lipinski definition) is 2. The van der Waals surface area contributed by atoms with Crippen molar-refractivity contribution in [2.75, 3.05) is 11.9 Å². The van der Waals surface area contributed by atoms with E-state index in [1.807, 2.05) is 12.1 Å². The summed E-state index contributed by atoms with van der Waals surface area (Å²) in [5.41, 5.74) is 2.11. The monoisotopic (exact) mass is 397 g/mol. The van der Waals surface area contributed by atoms with Gasteiger partial charge in [0.25, 0.3) is 11.8 Å². The summed E-state index contributed by atoms with van der Waals surface area (Å²) < 4.78 is 21.3. The number of fused-ring (bicyclic) bond motifs is 2. The van der Waals surface area contributed by atoms with Gasteiger partial charge in [0.15, 0.2) is 11.5 Å². The van der Waals surface area contributed by atoms with Crippen LogP contribution in [-0.4, -0.2) is 39.1 Å². The number of aryl methyl sites for hydroxylation is 2. The summed E-state index contributed by atoms with van der Waals surface area (Å²) in [7, 11) is 0. The van der Waals surface area contributed by atoms with Gasteiger partial charge in [0, 0.05) is 5.69 Å². The highest BCUT2D eigenvalue weighted by atomic mass is 19.1. The Bertz CT molecular complexity index is 1110. The first kappa shape index (κ1) is 18.9. The zero-order valence-corrected chi connectivity index (χ0v) is 16.0. The van der Waals surface area contributed by atoms with E-state index in [1.165, 1.54) is 6.07 Å². The predicted molar refractivity (Wildman–Crippen MR) is 103 cm³/mol. The van der Waals surface area contributed by atoms with Gasteiger partial charge in [-0.25, -0.2) is 13.9 Å². The number of nitrogens with one attached hydrogen (secondary N) is 2. The van der Waals surface area contributed by atoms with Crippen molar-refractivity contribution in [1.82, 2.24) is 19.9 Å². The van der Waals surface area contributed by atoms with Crippen molar-refractivity contribution in [3.05, 3.63) is 53.2 Å². The third kappa shape index (κ3) is 3.63. The Hall–Kier alpha value is -3.49. The lowest BCUT2D eigenvalue weighted by atomic mass is 10.2. The van der Waals surface area contributed by atoms with E-state index in [-0.39, 0.29) is 23.9 Å². The molecule has 8 nitrogen and oxygen atoms in total. The van der Waals surface area contributed by atoms with Crippen LogP contribution in [0.1, 0.15) is 35.2 Å². The fourth-order valence-electron chi connectivity index (χ4n) is 3.24. The number of nitrogens with zero attached hydrogens (tertiary/aromatic N) is 3. The number of carbonyl (C=O) groups is 2. The first-order valence-electron chi connectivity index (χ1n) is 9.35. The lowest BCUT2D eigenvalue weighted by Crippen LogP contribution is -2.46. The van der Waals surface area contributed by atoms with Crippen LogP contribution in [0.15, 0.2) is 30.3 Å². The van der Waals surface area contributed by atoms with Gasteiger partial charge in [0.05, 0.1) is 0 Å². The van der Waals surface area contributed by atoms with Crippen LogP contribution < -0.4 is 15.4 Å². The van der Waals surface area contributed by atoms with Gasteiger partial charge in [-0.1, -0.05) is 19.4 Å². The van der Waals surface area contributed by atoms with E-state index in [0.29, 0.717) is 11.2 Å². The molecule has 3 aromatic rings. The van der Waals surface area contributed by atoms with Crippen molar-refractivity contribution in [2.24, 2.45) is 0 Å². The zero-order chi connectivity index (χ0) is 20.5. The van der Waals surface area contributed by atoms with Gasteiger partial charge in [-0.2, -0.15) is 0 Å². The fraction of sp³-hybridized carbons (Fsp3) is 0.300. The molecule has 2 amide bonds. The van der Waals surface area contributed by atoms with Crippen LogP contribution in [0, 0.1) is 12.7 Å². The van der Waals surface area contributed by atoms with Crippen molar-refractivity contribution >= 4 is 23.1 Å². The molecule has 4 rings (SSSR count). The second-order valence-electron chi connectivity index (χ2n) is 6.92. The normalized spacial score (nSPS) is 16.0. The van der Waals surface area contributed by atoms with Gasteiger partial charge in [0.2, 0.25) is 5.82 Å². The summed E-state index contributed by atoms with van der Waals surface area (Å²) >= 11 is 0. The summed E-state index contributed by atoms with van der Waals surface area (Å²) in [6, 6.07) is 7.45. The predicted octanol–water partition coefficient (Wildman–Crippen LogP) is 2.26. The summed E-state index contributed by atoms with van der Waals surface area (Å²) in [6.07, 6.45) is 1.72. The van der Waals surface area contributed by atoms with E-state index in [4.69, 9.17) is 4.74 Å². The summed E-state index contributed by atoms with van der Waals surface area (Å²) in [5, 5.41) is 9.32. The average molecular weight is 397 g/mol. The zero-order valence-electron chi connectivity index (χ0n) is 16.0. The minimum Gasteiger partial charge on any atom is -0.489 e. The topological polar surface area (TPSA) is 97.6 Å². The van der Waals surface area contributed by atoms with Crippen LogP contribution in [-0.2, 0) is 11.2 Å². The number of ether oxygens (including phenoxy) is 1. The van der Waals surface area contributed by atoms with Crippen molar-refractivity contribution in [3.8, 4) is 5.75 Å². The van der Waals surface area contributed by atoms with Crippen LogP contribution in [0.3, 0.4) is 0 Å². The van der Waals surface area contributed by atoms with E-state index < -0.39 is 23.7 Å². The molecule has 0 saturated heterocycles. The quantitative estimate of drug-likeness (QED) is 0.704. The number of hydrogen-bond acceptors (Lipinski definition) is 5. The van der Waals surface area contributed by atoms with E-state index in [0.717, 1.165) is 18.5 Å². The lowest BCUT2D eigenvalue weighted by Gasteiger charge is -2.13. The Kier molecular flexibility index (Phi) is 4.87. The van der Waals surface area contributed by atoms with Crippen molar-refractivity contribution in [2.45, 2.75) is 32.7 Å². The van der Waals surface area contributed by atoms with Crippen molar-refractivity contribution < 1.29 is 18.7 Å². The Morgan fingerprint density at radius 1 is 1.41 bits per heavy atom. The molecule has 1 aliphatic rings. The maximum absolute atomic E-state index is 14.2. The molecule has 1 aliphatic heterocycles. The Morgan fingerprint density at radius 2 is 2.24 bits per heavy atom. The minimum absolute atomic E-state index is 0.0348. The molecule has 0 saturated carbocycles. The molecule has 1 aromatic carbocycles. The highest BCUT2D eigenvalue weighted by Gasteiger charge is 2.29. The number of rotatable bonds is 4. The highest BCUT2D eigenvalue weighted by Crippen LogP contribution is 2.31. The van der Waals surface area contributed by atoms with Gasteiger partial charge in [0.1, 0.15) is 24.1 Å². The molecule has 29 heavy (non-hydrogen) atoms. The number of halogens is 1. The summed E-state index contributed by atoms with van der Waals surface area (Å²) in [6.45, 7) is 3.64. The van der Waals surface area contributed by atoms with Crippen molar-refractivity contribution in [1.29, 1.82) is 0 Å². The van der Waals surface area contributed by atoms with Gasteiger partial charge in [-0.3, -0.25) is 9.59 Å². The Morgan fingerprint density at radius 3 is 3.03 bits per heavy atom. The van der Waals surface area contributed by atoms with Crippen LogP contribution in [0.5, 0.6) is 5.75 Å². The van der Waals surface area contributed by atoms with E-state index in [1.54, 1.807) is 23.6 Å². The van der Waals surface area contributed by atoms with Crippen LogP contribution in [0.4, 0.5) is 10.1 Å². The van der Waals surface area contributed by atoms with E-state index >= 15 is 0 Å². The second-order valence-corrected chi connectivity index (χ2v) is 6.92. The minimum atomic E-state index is -1.02. The van der Waals surface area contributed by atoms with Crippen LogP contribution >= 0.6 is 0 Å². The molecule has 2 aromatic heterocycles. The Labute approximate surface area is 166 Å². The van der Waals surface area contributed by atoms with Gasteiger partial charge in [-0.05, 0) is 43.2 Å². The molecule has 9 heteroatoms. The fourth-order valence-corrected chi connectivity index (χ4v) is 3.24. The number of benzene rings is 1. The SMILES string of the molecule is CCCc1cccc2nc(C(=O)NC3COc4cc(C)cc(F)c4NC3=O)nn12. The van der Waals surface area contributed by atoms with Gasteiger partial charge < -0.3 is 15.4 Å². The molecular weight excluding hydrogens is 377 g/mol. The van der Waals surface area contributed by atoms with Crippen molar-refractivity contribution in [3.63, 3.8) is 0 Å². The molecule has 1 atom stereocenters. The molecule has 0 fully saturated rings. The summed E-state index contributed by atoms with van der Waals surface area (Å²) in [4.78, 5) is 29.4. The Balaban J connectivity index is 1.54. The molecule has 0 bridgehead atoms. The molecule has 3 heterocycles. The second kappa shape index (κ2) is 7.50. The molecule has 0 radical (unpaired) electrons. The molecule has 0 spiro atoms. The van der Waals surface area contributed by atoms with Gasteiger partial charge in [-0.15, -0.1) is 5.10 Å².